The Morgan fingerprint density at radius 2 is 2.25 bits per heavy atom. The summed E-state index contributed by atoms with van der Waals surface area (Å²) in [6.45, 7) is 4.73. The molecule has 4 heteroatoms. The van der Waals surface area contributed by atoms with Gasteiger partial charge in [-0.25, -0.2) is 4.79 Å². The molecule has 1 amide bonds. The molecule has 1 saturated heterocycles. The predicted molar refractivity (Wildman–Crippen MR) is 61.1 cm³/mol. The molecule has 1 aromatic rings. The molecular weight excluding hydrogens is 204 g/mol. The van der Waals surface area contributed by atoms with Gasteiger partial charge in [0.2, 0.25) is 0 Å². The minimum absolute atomic E-state index is 0.288. The molecule has 1 aliphatic rings. The summed E-state index contributed by atoms with van der Waals surface area (Å²) in [6, 6.07) is 6.09. The van der Waals surface area contributed by atoms with Crippen molar-refractivity contribution in [2.75, 3.05) is 13.1 Å². The Morgan fingerprint density at radius 1 is 1.50 bits per heavy atom. The molecule has 0 spiro atoms. The van der Waals surface area contributed by atoms with Gasteiger partial charge in [0.25, 0.3) is 0 Å². The molecule has 16 heavy (non-hydrogen) atoms. The van der Waals surface area contributed by atoms with Crippen molar-refractivity contribution in [2.45, 2.75) is 19.4 Å². The van der Waals surface area contributed by atoms with E-state index in [9.17, 15) is 4.79 Å². The number of ether oxygens (including phenoxy) is 1. The molecule has 0 aliphatic carbocycles. The Morgan fingerprint density at radius 3 is 2.81 bits per heavy atom. The van der Waals surface area contributed by atoms with Crippen LogP contribution < -0.4 is 11.1 Å². The Kier molecular flexibility index (Phi) is 2.59. The van der Waals surface area contributed by atoms with Gasteiger partial charge in [0.05, 0.1) is 6.54 Å². The van der Waals surface area contributed by atoms with Gasteiger partial charge < -0.3 is 15.8 Å². The zero-order valence-corrected chi connectivity index (χ0v) is 9.54. The highest BCUT2D eigenvalue weighted by Gasteiger charge is 2.41. The van der Waals surface area contributed by atoms with Gasteiger partial charge in [0.15, 0.2) is 5.60 Å². The molecule has 1 aromatic carbocycles. The van der Waals surface area contributed by atoms with Crippen LogP contribution in [-0.4, -0.2) is 19.2 Å². The molecule has 0 bridgehead atoms. The molecule has 3 N–H and O–H groups in total. The lowest BCUT2D eigenvalue weighted by atomic mass is 9.89. The van der Waals surface area contributed by atoms with Crippen molar-refractivity contribution < 1.29 is 9.53 Å². The quantitative estimate of drug-likeness (QED) is 0.787. The SMILES string of the molecule is Cc1ccc(C)c(C2(CN)CNC(=O)O2)c1. The van der Waals surface area contributed by atoms with E-state index in [2.05, 4.69) is 5.32 Å². The largest absolute Gasteiger partial charge is 0.435 e. The lowest BCUT2D eigenvalue weighted by Crippen LogP contribution is -2.39. The molecule has 86 valence electrons. The van der Waals surface area contributed by atoms with Crippen LogP contribution in [0.2, 0.25) is 0 Å². The van der Waals surface area contributed by atoms with Crippen LogP contribution in [-0.2, 0) is 10.3 Å². The standard InChI is InChI=1S/C12H16N2O2/c1-8-3-4-9(2)10(5-8)12(6-13)7-14-11(15)16-12/h3-5H,6-7,13H2,1-2H3,(H,14,15). The summed E-state index contributed by atoms with van der Waals surface area (Å²) in [5.41, 5.74) is 8.28. The van der Waals surface area contributed by atoms with E-state index in [1.807, 2.05) is 32.0 Å². The predicted octanol–water partition coefficient (Wildman–Crippen LogP) is 1.20. The maximum atomic E-state index is 11.2. The molecule has 0 radical (unpaired) electrons. The number of benzene rings is 1. The van der Waals surface area contributed by atoms with Crippen LogP contribution in [0.5, 0.6) is 0 Å². The number of nitrogens with two attached hydrogens (primary N) is 1. The summed E-state index contributed by atoms with van der Waals surface area (Å²) in [5.74, 6) is 0. The van der Waals surface area contributed by atoms with Crippen molar-refractivity contribution in [1.29, 1.82) is 0 Å². The smallest absolute Gasteiger partial charge is 0.408 e. The molecule has 4 nitrogen and oxygen atoms in total. The van der Waals surface area contributed by atoms with Crippen LogP contribution in [0.1, 0.15) is 16.7 Å². The van der Waals surface area contributed by atoms with Crippen molar-refractivity contribution in [3.05, 3.63) is 34.9 Å². The van der Waals surface area contributed by atoms with Gasteiger partial charge in [-0.15, -0.1) is 0 Å². The fourth-order valence-corrected chi connectivity index (χ4v) is 2.07. The van der Waals surface area contributed by atoms with E-state index < -0.39 is 11.7 Å². The zero-order chi connectivity index (χ0) is 11.8. The summed E-state index contributed by atoms with van der Waals surface area (Å²) >= 11 is 0. The maximum Gasteiger partial charge on any atom is 0.408 e. The highest BCUT2D eigenvalue weighted by atomic mass is 16.6. The molecule has 1 fully saturated rings. The third-order valence-electron chi connectivity index (χ3n) is 3.02. The third-order valence-corrected chi connectivity index (χ3v) is 3.02. The molecule has 2 rings (SSSR count). The van der Waals surface area contributed by atoms with E-state index in [-0.39, 0.29) is 6.54 Å². The van der Waals surface area contributed by atoms with Crippen LogP contribution in [0.4, 0.5) is 4.79 Å². The highest BCUT2D eigenvalue weighted by Crippen LogP contribution is 2.31. The van der Waals surface area contributed by atoms with Gasteiger partial charge >= 0.3 is 6.09 Å². The van der Waals surface area contributed by atoms with Gasteiger partial charge in [0, 0.05) is 12.1 Å². The van der Waals surface area contributed by atoms with Crippen molar-refractivity contribution in [3.8, 4) is 0 Å². The second kappa shape index (κ2) is 3.79. The van der Waals surface area contributed by atoms with E-state index in [1.165, 1.54) is 0 Å². The number of aryl methyl sites for hydroxylation is 2. The van der Waals surface area contributed by atoms with E-state index >= 15 is 0 Å². The number of cyclic esters (lactones) is 1. The van der Waals surface area contributed by atoms with E-state index in [4.69, 9.17) is 10.5 Å². The molecule has 1 unspecified atom stereocenters. The van der Waals surface area contributed by atoms with Gasteiger partial charge in [0.1, 0.15) is 0 Å². The monoisotopic (exact) mass is 220 g/mol. The number of hydrogen-bond acceptors (Lipinski definition) is 3. The van der Waals surface area contributed by atoms with Crippen molar-refractivity contribution in [2.24, 2.45) is 5.73 Å². The second-order valence-corrected chi connectivity index (χ2v) is 4.26. The minimum Gasteiger partial charge on any atom is -0.435 e. The van der Waals surface area contributed by atoms with Gasteiger partial charge in [-0.2, -0.15) is 0 Å². The first-order valence-corrected chi connectivity index (χ1v) is 5.32. The summed E-state index contributed by atoms with van der Waals surface area (Å²) in [6.07, 6.45) is -0.397. The summed E-state index contributed by atoms with van der Waals surface area (Å²) < 4.78 is 5.34. The van der Waals surface area contributed by atoms with Crippen LogP contribution in [0.25, 0.3) is 0 Å². The Bertz CT molecular complexity index is 431. The first-order chi connectivity index (χ1) is 7.57. The normalized spacial score (nSPS) is 24.1. The first kappa shape index (κ1) is 11.0. The van der Waals surface area contributed by atoms with Gasteiger partial charge in [-0.1, -0.05) is 23.8 Å². The lowest BCUT2D eigenvalue weighted by molar-refractivity contribution is 0.0612. The Labute approximate surface area is 94.8 Å². The number of hydrogen-bond donors (Lipinski definition) is 2. The second-order valence-electron chi connectivity index (χ2n) is 4.26. The number of carbonyl (C=O) groups excluding carboxylic acids is 1. The molecular formula is C12H16N2O2. The first-order valence-electron chi connectivity index (χ1n) is 5.32. The van der Waals surface area contributed by atoms with E-state index in [1.54, 1.807) is 0 Å². The molecule has 1 heterocycles. The van der Waals surface area contributed by atoms with Crippen LogP contribution in [0, 0.1) is 13.8 Å². The number of amides is 1. The van der Waals surface area contributed by atoms with Crippen molar-refractivity contribution >= 4 is 6.09 Å². The van der Waals surface area contributed by atoms with E-state index in [0.29, 0.717) is 6.54 Å². The number of rotatable bonds is 2. The molecule has 0 aromatic heterocycles. The summed E-state index contributed by atoms with van der Waals surface area (Å²) in [5, 5.41) is 2.67. The zero-order valence-electron chi connectivity index (χ0n) is 9.54. The van der Waals surface area contributed by atoms with Crippen molar-refractivity contribution in [1.82, 2.24) is 5.32 Å². The van der Waals surface area contributed by atoms with Gasteiger partial charge in [-0.05, 0) is 19.4 Å². The topological polar surface area (TPSA) is 64.3 Å². The highest BCUT2D eigenvalue weighted by molar-refractivity contribution is 5.71. The lowest BCUT2D eigenvalue weighted by Gasteiger charge is -2.27. The van der Waals surface area contributed by atoms with Crippen LogP contribution in [0.3, 0.4) is 0 Å². The average molecular weight is 220 g/mol. The van der Waals surface area contributed by atoms with E-state index in [0.717, 1.165) is 16.7 Å². The van der Waals surface area contributed by atoms with Gasteiger partial charge in [-0.3, -0.25) is 0 Å². The van der Waals surface area contributed by atoms with Crippen LogP contribution in [0.15, 0.2) is 18.2 Å². The Balaban J connectivity index is 2.48. The molecule has 0 saturated carbocycles. The fraction of sp³-hybridized carbons (Fsp3) is 0.417. The van der Waals surface area contributed by atoms with Crippen LogP contribution >= 0.6 is 0 Å². The minimum atomic E-state index is -0.701. The molecule has 1 aliphatic heterocycles. The average Bonchev–Trinajstić information content (AvgIpc) is 2.65. The number of alkyl carbamates (subject to hydrolysis) is 1. The number of nitrogens with one attached hydrogen (secondary N) is 1. The number of carbonyl (C=O) groups is 1. The fourth-order valence-electron chi connectivity index (χ4n) is 2.07. The summed E-state index contributed by atoms with van der Waals surface area (Å²) in [7, 11) is 0. The molecule has 1 atom stereocenters. The Hall–Kier alpha value is -1.55. The van der Waals surface area contributed by atoms with Crippen molar-refractivity contribution in [3.63, 3.8) is 0 Å². The third kappa shape index (κ3) is 1.65. The summed E-state index contributed by atoms with van der Waals surface area (Å²) in [4.78, 5) is 11.2. The maximum absolute atomic E-state index is 11.2.